The van der Waals surface area contributed by atoms with Gasteiger partial charge >= 0.3 is 24.2 Å². The first-order valence-electron chi connectivity index (χ1n) is 19.5. The molecule has 0 aliphatic heterocycles. The molecular weight excluding hydrogens is 778 g/mol. The van der Waals surface area contributed by atoms with Crippen molar-refractivity contribution < 1.29 is 52.4 Å². The van der Waals surface area contributed by atoms with Gasteiger partial charge < -0.3 is 39.4 Å². The highest BCUT2D eigenvalue weighted by molar-refractivity contribution is 6.14. The number of hydrogen-bond acceptors (Lipinski definition) is 12. The van der Waals surface area contributed by atoms with Crippen molar-refractivity contribution in [2.75, 3.05) is 49.5 Å². The van der Waals surface area contributed by atoms with Gasteiger partial charge in [-0.2, -0.15) is 4.90 Å². The predicted molar refractivity (Wildman–Crippen MR) is 226 cm³/mol. The van der Waals surface area contributed by atoms with E-state index in [4.69, 9.17) is 23.7 Å². The number of aromatic nitrogens is 1. The number of anilines is 3. The van der Waals surface area contributed by atoms with Gasteiger partial charge in [0.2, 0.25) is 0 Å². The molecule has 0 fully saturated rings. The zero-order valence-electron chi connectivity index (χ0n) is 35.9. The molecule has 3 amide bonds. The lowest BCUT2D eigenvalue weighted by Gasteiger charge is -2.28. The number of carbonyl (C=O) groups is 4. The number of aryl methyl sites for hydroxylation is 1. The number of nitrogens with one attached hydrogen (secondary N) is 3. The van der Waals surface area contributed by atoms with Crippen LogP contribution in [0.1, 0.15) is 89.1 Å². The van der Waals surface area contributed by atoms with E-state index < -0.39 is 47.3 Å². The number of halogens is 1. The zero-order valence-corrected chi connectivity index (χ0v) is 35.9. The molecule has 15 nitrogen and oxygen atoms in total. The van der Waals surface area contributed by atoms with Crippen LogP contribution >= 0.6 is 0 Å². The average molecular weight is 834 g/mol. The molecule has 2 atom stereocenters. The van der Waals surface area contributed by atoms with Gasteiger partial charge in [-0.25, -0.2) is 28.6 Å². The van der Waals surface area contributed by atoms with E-state index in [-0.39, 0.29) is 36.4 Å². The Morgan fingerprint density at radius 3 is 2.18 bits per heavy atom. The Balaban J connectivity index is 1.48. The van der Waals surface area contributed by atoms with Gasteiger partial charge in [0.15, 0.2) is 23.4 Å². The Kier molecular flexibility index (Phi) is 15.8. The molecule has 4 aromatic rings. The molecule has 0 radical (unpaired) electrons. The maximum absolute atomic E-state index is 15.0. The standard InChI is InChI=1S/C44H56FN5O10/c1-26-20-29(12-14-33(26)27(2)25-58-40(53)49-32-22-30(24-46-9)37(35(45)23-32)57-19-11-18-56-10)36(39(51)52)48-31-13-15-34-28(21-31)16-17-47-38(34)50(41(54)59-43(3,4)5)42(55)60-44(6,7)8/h12-17,20-23,27,36,46,48H,11,18-19,24-25H2,1-10H3,(H,49,53)(H,51,52). The molecule has 4 rings (SSSR count). The van der Waals surface area contributed by atoms with Crippen LogP contribution in [0.3, 0.4) is 0 Å². The van der Waals surface area contributed by atoms with Gasteiger partial charge in [0.05, 0.1) is 13.2 Å². The van der Waals surface area contributed by atoms with Crippen molar-refractivity contribution in [2.45, 2.75) is 91.5 Å². The first-order valence-corrected chi connectivity index (χ1v) is 19.5. The third-order valence-corrected chi connectivity index (χ3v) is 8.76. The number of carboxylic acid groups (broad SMARTS) is 1. The van der Waals surface area contributed by atoms with Crippen molar-refractivity contribution in [1.29, 1.82) is 0 Å². The number of amides is 3. The van der Waals surface area contributed by atoms with Crippen LogP contribution in [0.25, 0.3) is 10.8 Å². The third kappa shape index (κ3) is 13.0. The Hall–Kier alpha value is -6.00. The Morgan fingerprint density at radius 1 is 0.900 bits per heavy atom. The normalized spacial score (nSPS) is 12.6. The molecule has 0 aliphatic rings. The van der Waals surface area contributed by atoms with Crippen molar-refractivity contribution in [3.63, 3.8) is 0 Å². The van der Waals surface area contributed by atoms with E-state index in [0.717, 1.165) is 16.0 Å². The summed E-state index contributed by atoms with van der Waals surface area (Å²) in [5.74, 6) is -1.94. The van der Waals surface area contributed by atoms with Crippen LogP contribution in [0.15, 0.2) is 60.8 Å². The van der Waals surface area contributed by atoms with Crippen LogP contribution in [-0.4, -0.2) is 79.5 Å². The fourth-order valence-corrected chi connectivity index (χ4v) is 6.21. The summed E-state index contributed by atoms with van der Waals surface area (Å²) in [6.45, 7) is 14.8. The van der Waals surface area contributed by atoms with Gasteiger partial charge in [0.25, 0.3) is 0 Å². The molecular formula is C44H56FN5O10. The van der Waals surface area contributed by atoms with E-state index in [9.17, 15) is 24.3 Å². The number of pyridine rings is 1. The van der Waals surface area contributed by atoms with E-state index in [1.807, 2.05) is 13.8 Å². The molecule has 3 aromatic carbocycles. The smallest absolute Gasteiger partial charge is 0.425 e. The van der Waals surface area contributed by atoms with Gasteiger partial charge in [0, 0.05) is 67.2 Å². The fraction of sp³-hybridized carbons (Fsp3) is 0.432. The predicted octanol–water partition coefficient (Wildman–Crippen LogP) is 9.08. The summed E-state index contributed by atoms with van der Waals surface area (Å²) in [7, 11) is 3.29. The average Bonchev–Trinajstić information content (AvgIpc) is 3.14. The maximum Gasteiger partial charge on any atom is 0.425 e. The van der Waals surface area contributed by atoms with E-state index in [1.54, 1.807) is 104 Å². The molecule has 0 saturated carbocycles. The Bertz CT molecular complexity index is 2140. The second-order valence-electron chi connectivity index (χ2n) is 16.2. The lowest BCUT2D eigenvalue weighted by Crippen LogP contribution is -2.44. The van der Waals surface area contributed by atoms with Crippen molar-refractivity contribution >= 4 is 52.2 Å². The minimum atomic E-state index is -1.16. The number of aliphatic carboxylic acids is 1. The molecule has 1 aromatic heterocycles. The molecule has 1 heterocycles. The molecule has 0 saturated heterocycles. The third-order valence-electron chi connectivity index (χ3n) is 8.76. The lowest BCUT2D eigenvalue weighted by molar-refractivity contribution is -0.138. The summed E-state index contributed by atoms with van der Waals surface area (Å²) in [6.07, 6.45) is -0.690. The molecule has 60 heavy (non-hydrogen) atoms. The Morgan fingerprint density at radius 2 is 1.58 bits per heavy atom. The van der Waals surface area contributed by atoms with Gasteiger partial charge in [-0.15, -0.1) is 0 Å². The van der Waals surface area contributed by atoms with E-state index in [2.05, 4.69) is 20.9 Å². The first kappa shape index (κ1) is 46.7. The summed E-state index contributed by atoms with van der Waals surface area (Å²) in [5, 5.41) is 19.9. The number of carboxylic acids is 1. The van der Waals surface area contributed by atoms with Crippen LogP contribution in [0.4, 0.5) is 36.0 Å². The van der Waals surface area contributed by atoms with E-state index in [1.165, 1.54) is 12.3 Å². The number of methoxy groups -OCH3 is 1. The monoisotopic (exact) mass is 833 g/mol. The minimum Gasteiger partial charge on any atom is -0.490 e. The second kappa shape index (κ2) is 20.3. The van der Waals surface area contributed by atoms with Gasteiger partial charge in [0.1, 0.15) is 11.2 Å². The molecule has 324 valence electrons. The number of hydrogen-bond donors (Lipinski definition) is 4. The lowest BCUT2D eigenvalue weighted by atomic mass is 9.93. The molecule has 0 spiro atoms. The summed E-state index contributed by atoms with van der Waals surface area (Å²) in [6, 6.07) is 13.5. The van der Waals surface area contributed by atoms with Crippen molar-refractivity contribution in [3.8, 4) is 5.75 Å². The minimum absolute atomic E-state index is 0.00754. The second-order valence-corrected chi connectivity index (χ2v) is 16.2. The van der Waals surface area contributed by atoms with Crippen molar-refractivity contribution in [3.05, 3.63) is 88.9 Å². The number of ether oxygens (including phenoxy) is 5. The summed E-state index contributed by atoms with van der Waals surface area (Å²) in [4.78, 5) is 57.2. The summed E-state index contributed by atoms with van der Waals surface area (Å²) >= 11 is 0. The zero-order chi connectivity index (χ0) is 44.4. The number of benzene rings is 3. The van der Waals surface area contributed by atoms with Gasteiger partial charge in [-0.1, -0.05) is 25.1 Å². The van der Waals surface area contributed by atoms with Crippen LogP contribution in [0.5, 0.6) is 5.75 Å². The van der Waals surface area contributed by atoms with Crippen LogP contribution < -0.4 is 25.6 Å². The number of carbonyl (C=O) groups excluding carboxylic acids is 3. The first-order chi connectivity index (χ1) is 28.2. The quantitative estimate of drug-likeness (QED) is 0.0619. The summed E-state index contributed by atoms with van der Waals surface area (Å²) in [5.41, 5.74) is 1.42. The molecule has 16 heteroatoms. The highest BCUT2D eigenvalue weighted by atomic mass is 19.1. The number of nitrogens with zero attached hydrogens (tertiary/aromatic N) is 2. The van der Waals surface area contributed by atoms with Crippen LogP contribution in [-0.2, 0) is 30.3 Å². The largest absolute Gasteiger partial charge is 0.490 e. The fourth-order valence-electron chi connectivity index (χ4n) is 6.21. The van der Waals surface area contributed by atoms with Crippen molar-refractivity contribution in [2.24, 2.45) is 0 Å². The number of imide groups is 1. The van der Waals surface area contributed by atoms with Crippen molar-refractivity contribution in [1.82, 2.24) is 10.3 Å². The van der Waals surface area contributed by atoms with E-state index in [0.29, 0.717) is 47.2 Å². The number of fused-ring (bicyclic) bond motifs is 1. The Labute approximate surface area is 349 Å². The molecule has 4 N–H and O–H groups in total. The van der Waals surface area contributed by atoms with Crippen LogP contribution in [0.2, 0.25) is 0 Å². The van der Waals surface area contributed by atoms with Gasteiger partial charge in [-0.3, -0.25) is 5.32 Å². The topological polar surface area (TPSA) is 187 Å². The van der Waals surface area contributed by atoms with Gasteiger partial charge in [-0.05, 0) is 108 Å². The maximum atomic E-state index is 15.0. The van der Waals surface area contributed by atoms with E-state index >= 15 is 4.39 Å². The van der Waals surface area contributed by atoms with Crippen LogP contribution in [0, 0.1) is 12.7 Å². The SMILES string of the molecule is CNCc1cc(NC(=O)OCC(C)c2ccc(C(Nc3ccc4c(N(C(=O)OC(C)(C)C)C(=O)OC(C)(C)C)nccc4c3)C(=O)O)cc2C)cc(F)c1OCCCOC. The molecule has 2 unspecified atom stereocenters. The highest BCUT2D eigenvalue weighted by Gasteiger charge is 2.35. The molecule has 0 aliphatic carbocycles. The number of rotatable bonds is 16. The highest BCUT2D eigenvalue weighted by Crippen LogP contribution is 2.33. The summed E-state index contributed by atoms with van der Waals surface area (Å²) < 4.78 is 42.2. The molecule has 0 bridgehead atoms.